The average molecular weight is 1100 g/mol. The normalized spacial score (nSPS) is 54.6. The molecular formula is C49H78O27. The molecule has 9 fully saturated rings. The summed E-state index contributed by atoms with van der Waals surface area (Å²) in [6.45, 7) is 4.76. The first-order valence-electron chi connectivity index (χ1n) is 26.3. The molecule has 0 aromatic heterocycles. The van der Waals surface area contributed by atoms with Gasteiger partial charge in [-0.1, -0.05) is 19.9 Å². The van der Waals surface area contributed by atoms with Gasteiger partial charge in [0.15, 0.2) is 31.3 Å². The number of aliphatic hydroxyl groups excluding tert-OH is 16. The zero-order valence-electron chi connectivity index (χ0n) is 42.3. The van der Waals surface area contributed by atoms with E-state index >= 15 is 0 Å². The minimum atomic E-state index is -1.98. The van der Waals surface area contributed by atoms with E-state index in [4.69, 9.17) is 47.4 Å². The SMILES string of the molecule is C=C1C[C@@]23CC[C@H]4[C@@](C)(CCC[C@@]4(C)C(=O)O[C@@H]4O[C@H](CO)[C@@H](O)[C@H](O)[C@H]4O[C@@H]4OC[C@@H](O)[C@H](O)[C@H]4O)[C@@H]2CC[C@]1(O[C@@H]1O[C@H](CO)[C@@H](O)[C@H](O[C@@H]2O[C@H](CO)[C@@H](O)[C@H](O)[C@H]2O)[C@H]1O[C@@H]1O[C@H](CO)[C@@H](O)[C@H](O)[C@H]1O)C3. The lowest BCUT2D eigenvalue weighted by Gasteiger charge is -2.64. The molecule has 0 amide bonds. The molecule has 4 saturated carbocycles. The van der Waals surface area contributed by atoms with Gasteiger partial charge in [-0.15, -0.1) is 0 Å². The zero-order valence-corrected chi connectivity index (χ0v) is 42.3. The second kappa shape index (κ2) is 22.5. The van der Waals surface area contributed by atoms with Gasteiger partial charge in [-0.3, -0.25) is 4.79 Å². The summed E-state index contributed by atoms with van der Waals surface area (Å²) in [4.78, 5) is 14.8. The fourth-order valence-corrected chi connectivity index (χ4v) is 14.7. The van der Waals surface area contributed by atoms with Gasteiger partial charge < -0.3 is 129 Å². The Hall–Kier alpha value is -1.79. The van der Waals surface area contributed by atoms with Crippen molar-refractivity contribution in [2.75, 3.05) is 33.0 Å². The molecule has 0 unspecified atom stereocenters. The fourth-order valence-electron chi connectivity index (χ4n) is 14.7. The second-order valence-corrected chi connectivity index (χ2v) is 23.2. The van der Waals surface area contributed by atoms with Crippen molar-refractivity contribution in [3.05, 3.63) is 12.2 Å². The number of esters is 1. The van der Waals surface area contributed by atoms with Crippen LogP contribution in [0.3, 0.4) is 0 Å². The van der Waals surface area contributed by atoms with Gasteiger partial charge in [-0.05, 0) is 86.5 Å². The van der Waals surface area contributed by atoms with E-state index in [1.165, 1.54) is 0 Å². The van der Waals surface area contributed by atoms with Crippen LogP contribution in [0.4, 0.5) is 0 Å². The summed E-state index contributed by atoms with van der Waals surface area (Å²) >= 11 is 0. The number of fused-ring (bicyclic) bond motifs is 3. The third kappa shape index (κ3) is 10.0. The van der Waals surface area contributed by atoms with E-state index in [-0.39, 0.29) is 11.8 Å². The molecule has 0 radical (unpaired) electrons. The molecule has 5 saturated heterocycles. The molecule has 5 aliphatic heterocycles. The number of hydrogen-bond acceptors (Lipinski definition) is 27. The summed E-state index contributed by atoms with van der Waals surface area (Å²) < 4.78 is 60.2. The first-order valence-corrected chi connectivity index (χ1v) is 26.3. The van der Waals surface area contributed by atoms with Crippen LogP contribution in [0.15, 0.2) is 12.2 Å². The second-order valence-electron chi connectivity index (χ2n) is 23.2. The molecule has 30 atom stereocenters. The third-order valence-electron chi connectivity index (χ3n) is 18.8. The lowest BCUT2D eigenvalue weighted by molar-refractivity contribution is -0.400. The van der Waals surface area contributed by atoms with Crippen LogP contribution in [0.1, 0.15) is 71.6 Å². The van der Waals surface area contributed by atoms with E-state index in [0.29, 0.717) is 56.9 Å². The summed E-state index contributed by atoms with van der Waals surface area (Å²) in [5.74, 6) is -1.05. The Kier molecular flexibility index (Phi) is 17.4. The molecule has 76 heavy (non-hydrogen) atoms. The maximum absolute atomic E-state index is 14.8. The van der Waals surface area contributed by atoms with Crippen molar-refractivity contribution in [3.63, 3.8) is 0 Å². The molecule has 2 bridgehead atoms. The molecule has 1 spiro atoms. The Balaban J connectivity index is 0.969. The summed E-state index contributed by atoms with van der Waals surface area (Å²) in [5.41, 5.74) is -2.69. The van der Waals surface area contributed by atoms with Crippen molar-refractivity contribution < 1.29 is 134 Å². The van der Waals surface area contributed by atoms with Gasteiger partial charge in [0.1, 0.15) is 110 Å². The van der Waals surface area contributed by atoms with Gasteiger partial charge in [0.25, 0.3) is 0 Å². The van der Waals surface area contributed by atoms with Crippen LogP contribution >= 0.6 is 0 Å². The minimum Gasteiger partial charge on any atom is -0.432 e. The minimum absolute atomic E-state index is 0.0469. The van der Waals surface area contributed by atoms with Gasteiger partial charge >= 0.3 is 5.97 Å². The lowest BCUT2D eigenvalue weighted by atomic mass is 9.41. The van der Waals surface area contributed by atoms with Crippen LogP contribution in [-0.4, -0.2) is 274 Å². The molecular weight excluding hydrogens is 1020 g/mol. The Morgan fingerprint density at radius 1 is 0.539 bits per heavy atom. The van der Waals surface area contributed by atoms with E-state index in [1.54, 1.807) is 0 Å². The molecule has 0 aromatic rings. The highest BCUT2D eigenvalue weighted by Crippen LogP contribution is 2.74. The van der Waals surface area contributed by atoms with Crippen LogP contribution < -0.4 is 0 Å². The molecule has 5 heterocycles. The standard InChI is InChI=1S/C49H78O27/c1-18-11-48-9-5-24-46(2,7-4-8-47(24,3)45(66)75-43-38(33(62)29(58)22(14-52)70-43)73-40-34(63)26(55)19(54)16-67-40)25(48)6-10-49(18,17-48)76-44-39(74-42-36(65)32(61)28(57)21(13-51)69-42)37(30(59)23(15-53)71-44)72-41-35(64)31(60)27(56)20(12-50)68-41/h19-44,50-65H,1,4-17H2,2-3H3/t19-,20-,21-,22-,23-,24+,25+,26+,27-,28-,29-,30-,31+,32+,33+,34-,35-,36-,37+,38-,39-,40+,41+,42+,43+,44+,46-,47-,48-,49+/m1/s1. The molecule has 9 aliphatic rings. The van der Waals surface area contributed by atoms with Crippen LogP contribution in [0.25, 0.3) is 0 Å². The van der Waals surface area contributed by atoms with Gasteiger partial charge in [-0.25, -0.2) is 0 Å². The Morgan fingerprint density at radius 2 is 1.04 bits per heavy atom. The van der Waals surface area contributed by atoms with Crippen LogP contribution in [0.5, 0.6) is 0 Å². The maximum atomic E-state index is 14.8. The summed E-state index contributed by atoms with van der Waals surface area (Å²) in [5, 5.41) is 170. The summed E-state index contributed by atoms with van der Waals surface area (Å²) in [6.07, 6.45) is -37.1. The number of hydrogen-bond donors (Lipinski definition) is 16. The summed E-state index contributed by atoms with van der Waals surface area (Å²) in [7, 11) is 0. The van der Waals surface area contributed by atoms with E-state index < -0.39 is 208 Å². The van der Waals surface area contributed by atoms with Gasteiger partial charge in [-0.2, -0.15) is 0 Å². The van der Waals surface area contributed by atoms with Crippen LogP contribution in [0, 0.1) is 28.1 Å². The first kappa shape index (κ1) is 58.9. The largest absolute Gasteiger partial charge is 0.432 e. The van der Waals surface area contributed by atoms with Crippen molar-refractivity contribution in [1.82, 2.24) is 0 Å². The van der Waals surface area contributed by atoms with E-state index in [1.807, 2.05) is 6.92 Å². The highest BCUT2D eigenvalue weighted by atomic mass is 16.8. The predicted molar refractivity (Wildman–Crippen MR) is 246 cm³/mol. The average Bonchev–Trinajstić information content (AvgIpc) is 3.71. The molecule has 27 heteroatoms. The number of carbonyl (C=O) groups is 1. The Morgan fingerprint density at radius 3 is 1.63 bits per heavy atom. The van der Waals surface area contributed by atoms with Crippen molar-refractivity contribution in [1.29, 1.82) is 0 Å². The van der Waals surface area contributed by atoms with Crippen LogP contribution in [0.2, 0.25) is 0 Å². The molecule has 4 aliphatic carbocycles. The zero-order chi connectivity index (χ0) is 55.1. The van der Waals surface area contributed by atoms with Crippen LogP contribution in [-0.2, 0) is 52.2 Å². The van der Waals surface area contributed by atoms with Crippen molar-refractivity contribution in [3.8, 4) is 0 Å². The van der Waals surface area contributed by atoms with Crippen molar-refractivity contribution >= 4 is 5.97 Å². The number of ether oxygens (including phenoxy) is 10. The monoisotopic (exact) mass is 1100 g/mol. The molecule has 9 rings (SSSR count). The number of aliphatic hydroxyl groups is 16. The van der Waals surface area contributed by atoms with Crippen molar-refractivity contribution in [2.45, 2.75) is 225 Å². The highest BCUT2D eigenvalue weighted by Gasteiger charge is 2.70. The fraction of sp³-hybridized carbons (Fsp3) is 0.939. The third-order valence-corrected chi connectivity index (χ3v) is 18.8. The van der Waals surface area contributed by atoms with Gasteiger partial charge in [0.05, 0.1) is 44.1 Å². The van der Waals surface area contributed by atoms with E-state index in [0.717, 1.165) is 6.42 Å². The number of rotatable bonds is 14. The highest BCUT2D eigenvalue weighted by molar-refractivity contribution is 5.77. The lowest BCUT2D eigenvalue weighted by Crippen LogP contribution is -2.68. The summed E-state index contributed by atoms with van der Waals surface area (Å²) in [6, 6.07) is 0. The van der Waals surface area contributed by atoms with E-state index in [2.05, 4.69) is 13.5 Å². The van der Waals surface area contributed by atoms with Crippen molar-refractivity contribution in [2.24, 2.45) is 28.1 Å². The molecule has 0 aromatic carbocycles. The molecule has 27 nitrogen and oxygen atoms in total. The predicted octanol–water partition coefficient (Wildman–Crippen LogP) is -6.65. The van der Waals surface area contributed by atoms with Gasteiger partial charge in [0, 0.05) is 0 Å². The Bertz CT molecular complexity index is 2020. The van der Waals surface area contributed by atoms with Gasteiger partial charge in [0.2, 0.25) is 6.29 Å². The first-order chi connectivity index (χ1) is 35.9. The quantitative estimate of drug-likeness (QED) is 0.0437. The topological polar surface area (TPSA) is 433 Å². The maximum Gasteiger partial charge on any atom is 0.314 e. The molecule has 436 valence electrons. The Labute approximate surface area is 437 Å². The smallest absolute Gasteiger partial charge is 0.314 e. The molecule has 16 N–H and O–H groups in total. The van der Waals surface area contributed by atoms with E-state index in [9.17, 15) is 86.5 Å². The number of carbonyl (C=O) groups excluding carboxylic acids is 1.